The Balaban J connectivity index is 3.36. The van der Waals surface area contributed by atoms with Crippen LogP contribution in [0.4, 0.5) is 4.39 Å². The molecule has 0 bridgehead atoms. The third-order valence-electron chi connectivity index (χ3n) is 1.27. The monoisotopic (exact) mass is 220 g/mol. The molecule has 0 spiro atoms. The second-order valence-electron chi connectivity index (χ2n) is 2.12. The van der Waals surface area contributed by atoms with Gasteiger partial charge in [-0.15, -0.1) is 0 Å². The van der Waals surface area contributed by atoms with E-state index >= 15 is 0 Å². The van der Waals surface area contributed by atoms with Gasteiger partial charge in [-0.25, -0.2) is 9.18 Å². The van der Waals surface area contributed by atoms with E-state index in [4.69, 9.17) is 0 Å². The highest BCUT2D eigenvalue weighted by molar-refractivity contribution is 9.08. The molecule has 0 aliphatic heterocycles. The molecule has 0 fully saturated rings. The van der Waals surface area contributed by atoms with Crippen LogP contribution in [0.3, 0.4) is 0 Å². The molecule has 2 nitrogen and oxygen atoms in total. The van der Waals surface area contributed by atoms with Crippen LogP contribution < -0.4 is 5.63 Å². The first-order valence-corrected chi connectivity index (χ1v) is 4.12. The summed E-state index contributed by atoms with van der Waals surface area (Å²) in [6, 6.07) is 1.13. The summed E-state index contributed by atoms with van der Waals surface area (Å²) in [7, 11) is 0. The van der Waals surface area contributed by atoms with E-state index in [1.54, 1.807) is 0 Å². The van der Waals surface area contributed by atoms with Crippen molar-refractivity contribution in [2.24, 2.45) is 0 Å². The molecule has 1 rings (SSSR count). The molecule has 1 heterocycles. The molecule has 0 saturated carbocycles. The number of aryl methyl sites for hydroxylation is 1. The normalized spacial score (nSPS) is 10.1. The van der Waals surface area contributed by atoms with Crippen LogP contribution in [0.15, 0.2) is 15.3 Å². The summed E-state index contributed by atoms with van der Waals surface area (Å²) in [6.07, 6.45) is 0. The minimum atomic E-state index is -0.515. The lowest BCUT2D eigenvalue weighted by Gasteiger charge is -1.97. The van der Waals surface area contributed by atoms with Crippen molar-refractivity contribution < 1.29 is 8.81 Å². The number of alkyl halides is 1. The molecule has 60 valence electrons. The van der Waals surface area contributed by atoms with Crippen LogP contribution in [-0.2, 0) is 5.33 Å². The molecular weight excluding hydrogens is 215 g/mol. The van der Waals surface area contributed by atoms with Crippen molar-refractivity contribution in [3.63, 3.8) is 0 Å². The van der Waals surface area contributed by atoms with Gasteiger partial charge < -0.3 is 4.42 Å². The van der Waals surface area contributed by atoms with E-state index in [0.717, 1.165) is 6.07 Å². The van der Waals surface area contributed by atoms with Crippen molar-refractivity contribution in [1.29, 1.82) is 0 Å². The van der Waals surface area contributed by atoms with E-state index in [2.05, 4.69) is 20.3 Å². The van der Waals surface area contributed by atoms with Crippen molar-refractivity contribution in [3.8, 4) is 0 Å². The van der Waals surface area contributed by atoms with Gasteiger partial charge in [-0.05, 0) is 12.5 Å². The third-order valence-corrected chi connectivity index (χ3v) is 1.78. The van der Waals surface area contributed by atoms with Gasteiger partial charge in [-0.1, -0.05) is 15.9 Å². The molecule has 11 heavy (non-hydrogen) atoms. The van der Waals surface area contributed by atoms with Gasteiger partial charge in [0.2, 0.25) is 0 Å². The van der Waals surface area contributed by atoms with Crippen LogP contribution in [0.25, 0.3) is 0 Å². The maximum atomic E-state index is 12.9. The van der Waals surface area contributed by atoms with Crippen LogP contribution in [0, 0.1) is 12.7 Å². The minimum absolute atomic E-state index is 0.0509. The SMILES string of the molecule is Cc1cc(=O)oc(CBr)c1F. The van der Waals surface area contributed by atoms with E-state index in [9.17, 15) is 9.18 Å². The smallest absolute Gasteiger partial charge is 0.336 e. The Labute approximate surface area is 71.2 Å². The van der Waals surface area contributed by atoms with Crippen LogP contribution in [-0.4, -0.2) is 0 Å². The Morgan fingerprint density at radius 2 is 2.36 bits per heavy atom. The average Bonchev–Trinajstić information content (AvgIpc) is 1.96. The highest BCUT2D eigenvalue weighted by atomic mass is 79.9. The first-order valence-electron chi connectivity index (χ1n) is 3.00. The highest BCUT2D eigenvalue weighted by Crippen LogP contribution is 2.11. The van der Waals surface area contributed by atoms with Crippen LogP contribution in [0.2, 0.25) is 0 Å². The van der Waals surface area contributed by atoms with Gasteiger partial charge in [-0.2, -0.15) is 0 Å². The zero-order chi connectivity index (χ0) is 8.43. The van der Waals surface area contributed by atoms with Gasteiger partial charge in [0.15, 0.2) is 11.6 Å². The van der Waals surface area contributed by atoms with Crippen molar-refractivity contribution in [2.45, 2.75) is 12.3 Å². The van der Waals surface area contributed by atoms with Gasteiger partial charge in [0.05, 0.1) is 5.33 Å². The summed E-state index contributed by atoms with van der Waals surface area (Å²) in [5.74, 6) is -0.406. The predicted octanol–water partition coefficient (Wildman–Crippen LogP) is 1.98. The molecule has 0 amide bonds. The molecule has 0 N–H and O–H groups in total. The summed E-state index contributed by atoms with van der Waals surface area (Å²) < 4.78 is 17.5. The van der Waals surface area contributed by atoms with Gasteiger partial charge >= 0.3 is 5.63 Å². The topological polar surface area (TPSA) is 30.2 Å². The van der Waals surface area contributed by atoms with E-state index in [-0.39, 0.29) is 11.1 Å². The fraction of sp³-hybridized carbons (Fsp3) is 0.286. The van der Waals surface area contributed by atoms with Gasteiger partial charge in [0.25, 0.3) is 0 Å². The quantitative estimate of drug-likeness (QED) is 0.678. The average molecular weight is 221 g/mol. The molecule has 4 heteroatoms. The van der Waals surface area contributed by atoms with Crippen molar-refractivity contribution in [1.82, 2.24) is 0 Å². The second-order valence-corrected chi connectivity index (χ2v) is 2.68. The van der Waals surface area contributed by atoms with E-state index in [0.29, 0.717) is 5.56 Å². The Hall–Kier alpha value is -0.640. The summed E-state index contributed by atoms with van der Waals surface area (Å²) in [6.45, 7) is 1.53. The number of hydrogen-bond donors (Lipinski definition) is 0. The first-order chi connectivity index (χ1) is 5.15. The maximum absolute atomic E-state index is 12.9. The lowest BCUT2D eigenvalue weighted by Crippen LogP contribution is -2.03. The lowest BCUT2D eigenvalue weighted by molar-refractivity contribution is 0.427. The lowest BCUT2D eigenvalue weighted by atomic mass is 10.2. The molecule has 0 radical (unpaired) electrons. The van der Waals surface area contributed by atoms with Crippen LogP contribution >= 0.6 is 15.9 Å². The first kappa shape index (κ1) is 8.46. The van der Waals surface area contributed by atoms with Crippen molar-refractivity contribution >= 4 is 15.9 Å². The summed E-state index contributed by atoms with van der Waals surface area (Å²) >= 11 is 3.00. The van der Waals surface area contributed by atoms with Crippen molar-refractivity contribution in [3.05, 3.63) is 33.6 Å². The van der Waals surface area contributed by atoms with Gasteiger partial charge in [0, 0.05) is 6.07 Å². The predicted molar refractivity (Wildman–Crippen MR) is 42.3 cm³/mol. The van der Waals surface area contributed by atoms with Crippen molar-refractivity contribution in [2.75, 3.05) is 0 Å². The zero-order valence-corrected chi connectivity index (χ0v) is 7.44. The van der Waals surface area contributed by atoms with E-state index in [1.165, 1.54) is 6.92 Å². The molecule has 0 unspecified atom stereocenters. The largest absolute Gasteiger partial charge is 0.424 e. The molecule has 0 atom stereocenters. The third kappa shape index (κ3) is 1.68. The van der Waals surface area contributed by atoms with Crippen LogP contribution in [0.5, 0.6) is 0 Å². The number of hydrogen-bond acceptors (Lipinski definition) is 2. The molecule has 1 aromatic heterocycles. The molecule has 0 saturated heterocycles. The fourth-order valence-corrected chi connectivity index (χ4v) is 1.10. The van der Waals surface area contributed by atoms with E-state index < -0.39 is 11.4 Å². The zero-order valence-electron chi connectivity index (χ0n) is 5.86. The van der Waals surface area contributed by atoms with E-state index in [1.807, 2.05) is 0 Å². The Morgan fingerprint density at radius 3 is 2.91 bits per heavy atom. The molecule has 0 aromatic carbocycles. The Bertz CT molecular complexity index is 319. The summed E-state index contributed by atoms with van der Waals surface area (Å²) in [4.78, 5) is 10.7. The summed E-state index contributed by atoms with van der Waals surface area (Å²) in [5.41, 5.74) is -0.200. The molecule has 0 aliphatic rings. The van der Waals surface area contributed by atoms with Gasteiger partial charge in [-0.3, -0.25) is 0 Å². The standard InChI is InChI=1S/C7H6BrFO2/c1-4-2-6(10)11-5(3-8)7(4)9/h2H,3H2,1H3. The highest BCUT2D eigenvalue weighted by Gasteiger charge is 2.07. The van der Waals surface area contributed by atoms with Gasteiger partial charge in [0.1, 0.15) is 0 Å². The minimum Gasteiger partial charge on any atom is -0.424 e. The second kappa shape index (κ2) is 3.17. The van der Waals surface area contributed by atoms with Crippen LogP contribution in [0.1, 0.15) is 11.3 Å². The number of rotatable bonds is 1. The fourth-order valence-electron chi connectivity index (χ4n) is 0.742. The maximum Gasteiger partial charge on any atom is 0.336 e. The summed E-state index contributed by atoms with van der Waals surface area (Å²) in [5, 5.41) is 0.218. The molecule has 0 aliphatic carbocycles. The Morgan fingerprint density at radius 1 is 1.73 bits per heavy atom. The Kier molecular flexibility index (Phi) is 2.44. The number of halogens is 2. The molecular formula is C7H6BrFO2. The molecule has 1 aromatic rings.